The summed E-state index contributed by atoms with van der Waals surface area (Å²) in [5.41, 5.74) is 8.18. The van der Waals surface area contributed by atoms with Crippen molar-refractivity contribution in [3.63, 3.8) is 0 Å². The normalized spacial score (nSPS) is 9.60. The first-order valence-corrected chi connectivity index (χ1v) is 5.16. The number of fused-ring (bicyclic) bond motifs is 1. The lowest BCUT2D eigenvalue weighted by Gasteiger charge is -2.04. The minimum atomic E-state index is 0.501. The molecule has 1 aromatic heterocycles. The highest BCUT2D eigenvalue weighted by Gasteiger charge is 2.01. The molecule has 0 aliphatic rings. The summed E-state index contributed by atoms with van der Waals surface area (Å²) in [5, 5.41) is 9.65. The first-order chi connectivity index (χ1) is 7.18. The van der Waals surface area contributed by atoms with Crippen LogP contribution in [0.1, 0.15) is 25.0 Å². The zero-order valence-corrected chi connectivity index (χ0v) is 9.70. The molecule has 2 aromatic rings. The van der Waals surface area contributed by atoms with Gasteiger partial charge in [0, 0.05) is 10.8 Å². The molecule has 0 amide bonds. The second kappa shape index (κ2) is 4.73. The van der Waals surface area contributed by atoms with Crippen molar-refractivity contribution in [3.8, 4) is 0 Å². The smallest absolute Gasteiger partial charge is 0.153 e. The van der Waals surface area contributed by atoms with Gasteiger partial charge in [-0.1, -0.05) is 13.8 Å². The molecule has 0 bridgehead atoms. The molecule has 3 heteroatoms. The zero-order valence-electron chi connectivity index (χ0n) is 9.70. The fraction of sp³-hybridized carbons (Fsp3) is 0.333. The lowest BCUT2D eigenvalue weighted by Crippen LogP contribution is -1.94. The van der Waals surface area contributed by atoms with E-state index >= 15 is 0 Å². The lowest BCUT2D eigenvalue weighted by atomic mass is 10.1. The maximum absolute atomic E-state index is 5.70. The third-order valence-electron chi connectivity index (χ3n) is 2.30. The van der Waals surface area contributed by atoms with Gasteiger partial charge in [-0.3, -0.25) is 0 Å². The average molecular weight is 203 g/mol. The molecule has 3 nitrogen and oxygen atoms in total. The molecular formula is C12H17N3. The fourth-order valence-electron chi connectivity index (χ4n) is 1.37. The first-order valence-electron chi connectivity index (χ1n) is 5.16. The highest BCUT2D eigenvalue weighted by atomic mass is 15.1. The number of hydrogen-bond donors (Lipinski definition) is 1. The van der Waals surface area contributed by atoms with Gasteiger partial charge < -0.3 is 5.73 Å². The molecule has 0 saturated carbocycles. The van der Waals surface area contributed by atoms with E-state index in [2.05, 4.69) is 36.2 Å². The number of nitrogens with zero attached hydrogens (tertiary/aromatic N) is 2. The second-order valence-electron chi connectivity index (χ2n) is 3.25. The molecule has 0 unspecified atom stereocenters. The van der Waals surface area contributed by atoms with E-state index < -0.39 is 0 Å². The van der Waals surface area contributed by atoms with E-state index in [9.17, 15) is 0 Å². The number of rotatable bonds is 0. The van der Waals surface area contributed by atoms with Gasteiger partial charge >= 0.3 is 0 Å². The van der Waals surface area contributed by atoms with E-state index in [1.807, 2.05) is 13.8 Å². The van der Waals surface area contributed by atoms with E-state index in [1.54, 1.807) is 6.20 Å². The van der Waals surface area contributed by atoms with Gasteiger partial charge in [-0.15, -0.1) is 5.10 Å². The fourth-order valence-corrected chi connectivity index (χ4v) is 1.37. The second-order valence-corrected chi connectivity index (χ2v) is 3.25. The number of nitrogens with two attached hydrogens (primary N) is 1. The summed E-state index contributed by atoms with van der Waals surface area (Å²) in [7, 11) is 0. The van der Waals surface area contributed by atoms with Crippen LogP contribution in [0.2, 0.25) is 0 Å². The Morgan fingerprint density at radius 1 is 1.07 bits per heavy atom. The average Bonchev–Trinajstić information content (AvgIpc) is 2.24. The predicted octanol–water partition coefficient (Wildman–Crippen LogP) is 2.86. The Kier molecular flexibility index (Phi) is 3.61. The quantitative estimate of drug-likeness (QED) is 0.716. The van der Waals surface area contributed by atoms with E-state index in [0.29, 0.717) is 5.82 Å². The van der Waals surface area contributed by atoms with Gasteiger partial charge in [0.25, 0.3) is 0 Å². The molecule has 15 heavy (non-hydrogen) atoms. The minimum Gasteiger partial charge on any atom is -0.382 e. The lowest BCUT2D eigenvalue weighted by molar-refractivity contribution is 1.06. The molecule has 1 aromatic carbocycles. The Morgan fingerprint density at radius 3 is 2.33 bits per heavy atom. The van der Waals surface area contributed by atoms with Crippen LogP contribution in [-0.4, -0.2) is 10.2 Å². The molecule has 1 heterocycles. The topological polar surface area (TPSA) is 51.8 Å². The maximum atomic E-state index is 5.70. The number of anilines is 1. The SMILES string of the molecule is CC.Cc1cc2cnnc(N)c2cc1C. The Morgan fingerprint density at radius 2 is 1.67 bits per heavy atom. The van der Waals surface area contributed by atoms with Gasteiger partial charge in [0.2, 0.25) is 0 Å². The van der Waals surface area contributed by atoms with Crippen molar-refractivity contribution < 1.29 is 0 Å². The summed E-state index contributed by atoms with van der Waals surface area (Å²) in [6.07, 6.45) is 1.73. The van der Waals surface area contributed by atoms with E-state index in [0.717, 1.165) is 10.8 Å². The van der Waals surface area contributed by atoms with Crippen LogP contribution in [0.4, 0.5) is 5.82 Å². The number of aromatic nitrogens is 2. The molecule has 0 aliphatic heterocycles. The van der Waals surface area contributed by atoms with Gasteiger partial charge in [0.15, 0.2) is 5.82 Å². The van der Waals surface area contributed by atoms with Crippen molar-refractivity contribution in [2.75, 3.05) is 5.73 Å². The number of aryl methyl sites for hydroxylation is 2. The van der Waals surface area contributed by atoms with Crippen LogP contribution in [0, 0.1) is 13.8 Å². The molecule has 80 valence electrons. The molecule has 2 rings (SSSR count). The van der Waals surface area contributed by atoms with E-state index in [1.165, 1.54) is 11.1 Å². The maximum Gasteiger partial charge on any atom is 0.153 e. The monoisotopic (exact) mass is 203 g/mol. The summed E-state index contributed by atoms with van der Waals surface area (Å²) in [4.78, 5) is 0. The van der Waals surface area contributed by atoms with Crippen molar-refractivity contribution in [2.45, 2.75) is 27.7 Å². The van der Waals surface area contributed by atoms with Crippen LogP contribution in [0.25, 0.3) is 10.8 Å². The first kappa shape index (κ1) is 11.4. The molecule has 0 saturated heterocycles. The third-order valence-corrected chi connectivity index (χ3v) is 2.30. The van der Waals surface area contributed by atoms with Crippen molar-refractivity contribution >= 4 is 16.6 Å². The van der Waals surface area contributed by atoms with Crippen LogP contribution in [0.3, 0.4) is 0 Å². The van der Waals surface area contributed by atoms with Gasteiger partial charge in [0.1, 0.15) is 0 Å². The van der Waals surface area contributed by atoms with Gasteiger partial charge in [-0.25, -0.2) is 0 Å². The van der Waals surface area contributed by atoms with Gasteiger partial charge in [0.05, 0.1) is 6.20 Å². The number of hydrogen-bond acceptors (Lipinski definition) is 3. The number of benzene rings is 1. The molecular weight excluding hydrogens is 186 g/mol. The van der Waals surface area contributed by atoms with Crippen LogP contribution in [0.15, 0.2) is 18.3 Å². The van der Waals surface area contributed by atoms with Crippen LogP contribution in [-0.2, 0) is 0 Å². The van der Waals surface area contributed by atoms with Crippen LogP contribution >= 0.6 is 0 Å². The summed E-state index contributed by atoms with van der Waals surface area (Å²) in [6.45, 7) is 8.14. The zero-order chi connectivity index (χ0) is 11.4. The molecule has 0 spiro atoms. The summed E-state index contributed by atoms with van der Waals surface area (Å²) in [5.74, 6) is 0.501. The van der Waals surface area contributed by atoms with Crippen molar-refractivity contribution in [1.82, 2.24) is 10.2 Å². The third kappa shape index (κ3) is 2.24. The Bertz CT molecular complexity index is 464. The van der Waals surface area contributed by atoms with Crippen LogP contribution in [0.5, 0.6) is 0 Å². The molecule has 0 aliphatic carbocycles. The summed E-state index contributed by atoms with van der Waals surface area (Å²) in [6, 6.07) is 4.13. The van der Waals surface area contributed by atoms with Crippen molar-refractivity contribution in [1.29, 1.82) is 0 Å². The molecule has 0 atom stereocenters. The summed E-state index contributed by atoms with van der Waals surface area (Å²) < 4.78 is 0. The number of nitrogen functional groups attached to an aromatic ring is 1. The Hall–Kier alpha value is -1.64. The Balaban J connectivity index is 0.000000531. The van der Waals surface area contributed by atoms with Gasteiger partial charge in [-0.2, -0.15) is 5.10 Å². The highest BCUT2D eigenvalue weighted by Crippen LogP contribution is 2.21. The Labute approximate surface area is 90.3 Å². The summed E-state index contributed by atoms with van der Waals surface area (Å²) >= 11 is 0. The predicted molar refractivity (Wildman–Crippen MR) is 64.8 cm³/mol. The molecule has 0 radical (unpaired) electrons. The minimum absolute atomic E-state index is 0.501. The van der Waals surface area contributed by atoms with Crippen molar-refractivity contribution in [3.05, 3.63) is 29.5 Å². The van der Waals surface area contributed by atoms with Crippen LogP contribution < -0.4 is 5.73 Å². The van der Waals surface area contributed by atoms with E-state index in [-0.39, 0.29) is 0 Å². The largest absolute Gasteiger partial charge is 0.382 e. The highest BCUT2D eigenvalue weighted by molar-refractivity contribution is 5.91. The van der Waals surface area contributed by atoms with Gasteiger partial charge in [-0.05, 0) is 37.1 Å². The van der Waals surface area contributed by atoms with Crippen molar-refractivity contribution in [2.24, 2.45) is 0 Å². The molecule has 0 fully saturated rings. The van der Waals surface area contributed by atoms with E-state index in [4.69, 9.17) is 5.73 Å². The molecule has 2 N–H and O–H groups in total. The standard InChI is InChI=1S/C10H11N3.C2H6/c1-6-3-8-5-12-13-10(11)9(8)4-7(6)2;1-2/h3-5H,1-2H3,(H2,11,13);1-2H3.